The minimum atomic E-state index is -3.67. The molecule has 2 aromatic rings. The van der Waals surface area contributed by atoms with Crippen molar-refractivity contribution in [2.75, 3.05) is 18.9 Å². The molecule has 20 heavy (non-hydrogen) atoms. The number of nitrogens with one attached hydrogen (secondary N) is 2. The summed E-state index contributed by atoms with van der Waals surface area (Å²) >= 11 is 5.90. The molecule has 0 saturated heterocycles. The highest BCUT2D eigenvalue weighted by molar-refractivity contribution is 7.89. The third-order valence-corrected chi connectivity index (χ3v) is 4.13. The van der Waals surface area contributed by atoms with Gasteiger partial charge in [0, 0.05) is 26.2 Å². The van der Waals surface area contributed by atoms with Crippen LogP contribution < -0.4 is 10.0 Å². The maximum atomic E-state index is 12.0. The molecule has 108 valence electrons. The van der Waals surface area contributed by atoms with Crippen LogP contribution in [-0.4, -0.2) is 37.1 Å². The maximum Gasteiger partial charge on any atom is 0.242 e. The first-order chi connectivity index (χ1) is 9.53. The van der Waals surface area contributed by atoms with E-state index in [1.165, 1.54) is 18.7 Å². The second-order valence-corrected chi connectivity index (χ2v) is 5.92. The van der Waals surface area contributed by atoms with Gasteiger partial charge in [0.05, 0.1) is 5.02 Å². The molecule has 0 saturated carbocycles. The molecule has 0 atom stereocenters. The Hall–Kier alpha value is -1.71. The molecule has 0 aliphatic carbocycles. The Balaban J connectivity index is 2.04. The van der Waals surface area contributed by atoms with Crippen LogP contribution in [0.5, 0.6) is 0 Å². The van der Waals surface area contributed by atoms with Crippen molar-refractivity contribution in [3.63, 3.8) is 0 Å². The number of aromatic nitrogens is 3. The normalized spacial score (nSPS) is 11.5. The van der Waals surface area contributed by atoms with Crippen LogP contribution in [-0.2, 0) is 16.4 Å². The highest BCUT2D eigenvalue weighted by Gasteiger charge is 2.16. The monoisotopic (exact) mass is 317 g/mol. The van der Waals surface area contributed by atoms with Crippen molar-refractivity contribution >= 4 is 27.4 Å². The molecule has 8 nitrogen and oxygen atoms in total. The summed E-state index contributed by atoms with van der Waals surface area (Å²) in [6, 6.07) is 1.33. The predicted molar refractivity (Wildman–Crippen MR) is 72.0 cm³/mol. The summed E-state index contributed by atoms with van der Waals surface area (Å²) in [4.78, 5) is 7.71. The van der Waals surface area contributed by atoms with E-state index in [1.807, 2.05) is 0 Å². The molecule has 0 aliphatic rings. The van der Waals surface area contributed by atoms with Gasteiger partial charge in [-0.1, -0.05) is 16.8 Å². The molecule has 0 radical (unpaired) electrons. The van der Waals surface area contributed by atoms with Crippen LogP contribution in [0, 0.1) is 0 Å². The number of hydrogen-bond donors (Lipinski definition) is 2. The molecule has 0 spiro atoms. The Morgan fingerprint density at radius 1 is 1.40 bits per heavy atom. The summed E-state index contributed by atoms with van der Waals surface area (Å²) in [5.41, 5.74) is 0. The first-order valence-corrected chi connectivity index (χ1v) is 7.47. The number of hydrogen-bond acceptors (Lipinski definition) is 7. The first kappa shape index (κ1) is 14.7. The molecule has 2 aromatic heterocycles. The fourth-order valence-corrected chi connectivity index (χ4v) is 2.76. The van der Waals surface area contributed by atoms with Crippen LogP contribution in [0.4, 0.5) is 5.82 Å². The fraction of sp³-hybridized carbons (Fsp3) is 0.300. The Morgan fingerprint density at radius 2 is 2.20 bits per heavy atom. The van der Waals surface area contributed by atoms with E-state index in [9.17, 15) is 8.42 Å². The van der Waals surface area contributed by atoms with Gasteiger partial charge in [-0.3, -0.25) is 0 Å². The zero-order valence-electron chi connectivity index (χ0n) is 10.5. The molecule has 0 aliphatic heterocycles. The fourth-order valence-electron chi connectivity index (χ4n) is 1.43. The summed E-state index contributed by atoms with van der Waals surface area (Å²) < 4.78 is 31.0. The van der Waals surface area contributed by atoms with Crippen molar-refractivity contribution in [3.05, 3.63) is 29.5 Å². The summed E-state index contributed by atoms with van der Waals surface area (Å²) in [5.74, 6) is 0.840. The quantitative estimate of drug-likeness (QED) is 0.806. The summed E-state index contributed by atoms with van der Waals surface area (Å²) in [5, 5.41) is 6.56. The van der Waals surface area contributed by atoms with Gasteiger partial charge in [-0.05, 0) is 6.07 Å². The van der Waals surface area contributed by atoms with Gasteiger partial charge in [-0.25, -0.2) is 18.1 Å². The second kappa shape index (κ2) is 6.16. The molecule has 0 amide bonds. The average Bonchev–Trinajstić information content (AvgIpc) is 2.91. The summed E-state index contributed by atoms with van der Waals surface area (Å²) in [6.07, 6.45) is 2.74. The standard InChI is InChI=1S/C10H12ClN5O3S/c1-12-10-8(11)4-7(5-13-10)20(17,18)15-3-2-9-14-6-19-16-9/h4-6,15H,2-3H2,1H3,(H,12,13). The Morgan fingerprint density at radius 3 is 2.80 bits per heavy atom. The number of nitrogens with zero attached hydrogens (tertiary/aromatic N) is 3. The Kier molecular flexibility index (Phi) is 4.53. The lowest BCUT2D eigenvalue weighted by Gasteiger charge is -2.07. The smallest absolute Gasteiger partial charge is 0.242 e. The van der Waals surface area contributed by atoms with E-state index < -0.39 is 10.0 Å². The van der Waals surface area contributed by atoms with Crippen molar-refractivity contribution < 1.29 is 12.9 Å². The van der Waals surface area contributed by atoms with Gasteiger partial charge in [-0.2, -0.15) is 4.98 Å². The molecule has 0 bridgehead atoms. The molecule has 0 unspecified atom stereocenters. The average molecular weight is 318 g/mol. The van der Waals surface area contributed by atoms with E-state index in [0.29, 0.717) is 18.1 Å². The summed E-state index contributed by atoms with van der Waals surface area (Å²) in [6.45, 7) is 0.146. The second-order valence-electron chi connectivity index (χ2n) is 3.75. The highest BCUT2D eigenvalue weighted by Crippen LogP contribution is 2.21. The van der Waals surface area contributed by atoms with Gasteiger partial charge < -0.3 is 9.84 Å². The third kappa shape index (κ3) is 3.44. The molecule has 0 aromatic carbocycles. The largest absolute Gasteiger partial charge is 0.372 e. The van der Waals surface area contributed by atoms with Gasteiger partial charge in [0.25, 0.3) is 0 Å². The lowest BCUT2D eigenvalue weighted by Crippen LogP contribution is -2.26. The number of pyridine rings is 1. The van der Waals surface area contributed by atoms with Gasteiger partial charge in [0.1, 0.15) is 10.7 Å². The minimum Gasteiger partial charge on any atom is -0.372 e. The van der Waals surface area contributed by atoms with Crippen molar-refractivity contribution in [2.45, 2.75) is 11.3 Å². The van der Waals surface area contributed by atoms with Crippen molar-refractivity contribution in [1.82, 2.24) is 19.8 Å². The van der Waals surface area contributed by atoms with Crippen molar-refractivity contribution in [3.8, 4) is 0 Å². The highest BCUT2D eigenvalue weighted by atomic mass is 35.5. The minimum absolute atomic E-state index is 0.00499. The molecular formula is C10H12ClN5O3S. The topological polar surface area (TPSA) is 110 Å². The van der Waals surface area contributed by atoms with Gasteiger partial charge in [0.2, 0.25) is 16.4 Å². The molecule has 10 heteroatoms. The van der Waals surface area contributed by atoms with E-state index in [-0.39, 0.29) is 16.5 Å². The molecule has 2 heterocycles. The van der Waals surface area contributed by atoms with Crippen molar-refractivity contribution in [2.24, 2.45) is 0 Å². The van der Waals surface area contributed by atoms with E-state index >= 15 is 0 Å². The van der Waals surface area contributed by atoms with Crippen LogP contribution in [0.3, 0.4) is 0 Å². The van der Waals surface area contributed by atoms with E-state index in [0.717, 1.165) is 0 Å². The zero-order valence-corrected chi connectivity index (χ0v) is 12.1. The summed E-state index contributed by atoms with van der Waals surface area (Å²) in [7, 11) is -2.03. The zero-order chi connectivity index (χ0) is 14.6. The van der Waals surface area contributed by atoms with E-state index in [4.69, 9.17) is 11.6 Å². The first-order valence-electron chi connectivity index (χ1n) is 5.61. The lowest BCUT2D eigenvalue weighted by molar-refractivity contribution is 0.410. The Labute approximate surface area is 120 Å². The van der Waals surface area contributed by atoms with Gasteiger partial charge in [-0.15, -0.1) is 0 Å². The van der Waals surface area contributed by atoms with Crippen molar-refractivity contribution in [1.29, 1.82) is 0 Å². The van der Waals surface area contributed by atoms with E-state index in [1.54, 1.807) is 7.05 Å². The number of anilines is 1. The van der Waals surface area contributed by atoms with Crippen LogP contribution in [0.1, 0.15) is 5.82 Å². The maximum absolute atomic E-state index is 12.0. The molecule has 0 fully saturated rings. The Bertz CT molecular complexity index is 674. The molecule has 2 rings (SSSR count). The van der Waals surface area contributed by atoms with Crippen LogP contribution in [0.2, 0.25) is 5.02 Å². The predicted octanol–water partition coefficient (Wildman–Crippen LogP) is 0.681. The molecule has 2 N–H and O–H groups in total. The molecular weight excluding hydrogens is 306 g/mol. The number of rotatable bonds is 6. The van der Waals surface area contributed by atoms with Crippen LogP contribution >= 0.6 is 11.6 Å². The lowest BCUT2D eigenvalue weighted by atomic mass is 10.4. The van der Waals surface area contributed by atoms with Crippen LogP contribution in [0.15, 0.2) is 28.1 Å². The number of halogens is 1. The van der Waals surface area contributed by atoms with Gasteiger partial charge >= 0.3 is 0 Å². The van der Waals surface area contributed by atoms with Gasteiger partial charge in [0.15, 0.2) is 5.82 Å². The van der Waals surface area contributed by atoms with Crippen LogP contribution in [0.25, 0.3) is 0 Å². The number of sulfonamides is 1. The van der Waals surface area contributed by atoms with E-state index in [2.05, 4.69) is 29.7 Å². The third-order valence-electron chi connectivity index (χ3n) is 2.41. The SMILES string of the molecule is CNc1ncc(S(=O)(=O)NCCc2ncon2)cc1Cl.